The SMILES string of the molecule is CCCCCCCCCCCCOC1CC2C3NC4NC(NC5NC(NC6NC(NC(N3)C2CC1OCCCCCCCCCCCC)C1CC(OCCCCCCCCCCCC)C(OCCCCCCCCCCCC)CC61)C1CC(OCCCCCCCCCCCC)C(OCCCCCCCCCCCC)CC51)C1CC(OCCOCCOCCOCCOCCOCCOCCOCCOC)CCC41. The van der Waals surface area contributed by atoms with Crippen LogP contribution < -0.4 is 42.5 Å². The summed E-state index contributed by atoms with van der Waals surface area (Å²) in [6.45, 7) is 27.3. The van der Waals surface area contributed by atoms with Crippen molar-refractivity contribution in [2.24, 2.45) is 47.3 Å². The van der Waals surface area contributed by atoms with Gasteiger partial charge in [0.2, 0.25) is 0 Å². The summed E-state index contributed by atoms with van der Waals surface area (Å²) in [4.78, 5) is 0. The first-order valence-electron chi connectivity index (χ1n) is 63.3. The van der Waals surface area contributed by atoms with E-state index < -0.39 is 0 Å². The van der Waals surface area contributed by atoms with Gasteiger partial charge in [0.15, 0.2) is 0 Å². The Morgan fingerprint density at radius 3 is 0.479 bits per heavy atom. The fourth-order valence-electron chi connectivity index (χ4n) is 25.8. The van der Waals surface area contributed by atoms with E-state index in [9.17, 15) is 0 Å². The first-order valence-corrected chi connectivity index (χ1v) is 63.3. The fraction of sp³-hybridized carbons (Fsp3) is 1.00. The molecule has 5 heterocycles. The summed E-state index contributed by atoms with van der Waals surface area (Å²) >= 11 is 0. The van der Waals surface area contributed by atoms with E-state index in [4.69, 9.17) is 71.1 Å². The van der Waals surface area contributed by atoms with E-state index in [1.807, 2.05) is 0 Å². The molecule has 9 rings (SSSR count). The average Bonchev–Trinajstić information content (AvgIpc) is 1.59. The van der Waals surface area contributed by atoms with Crippen molar-refractivity contribution >= 4 is 0 Å². The fourth-order valence-corrected chi connectivity index (χ4v) is 25.8. The van der Waals surface area contributed by atoms with Crippen molar-refractivity contribution in [3.05, 3.63) is 0 Å². The highest BCUT2D eigenvalue weighted by Gasteiger charge is 2.59. The number of methoxy groups -OCH3 is 1. The van der Waals surface area contributed by atoms with Gasteiger partial charge in [0.25, 0.3) is 0 Å². The molecule has 144 heavy (non-hydrogen) atoms. The van der Waals surface area contributed by atoms with E-state index in [2.05, 4.69) is 84.1 Å². The second-order valence-electron chi connectivity index (χ2n) is 46.0. The Balaban J connectivity index is 0.960. The van der Waals surface area contributed by atoms with Crippen LogP contribution in [0.2, 0.25) is 0 Å². The van der Waals surface area contributed by atoms with Crippen LogP contribution in [0.5, 0.6) is 0 Å². The molecule has 5 aliphatic heterocycles. The number of ether oxygens (including phenoxy) is 15. The van der Waals surface area contributed by atoms with Gasteiger partial charge in [-0.15, -0.1) is 0 Å². The molecule has 5 saturated heterocycles. The van der Waals surface area contributed by atoms with Crippen LogP contribution in [0.15, 0.2) is 0 Å². The van der Waals surface area contributed by atoms with E-state index >= 15 is 0 Å². The quantitative estimate of drug-likeness (QED) is 0.0264. The zero-order valence-electron chi connectivity index (χ0n) is 94.7. The summed E-state index contributed by atoms with van der Waals surface area (Å²) in [6.07, 6.45) is 88.6. The summed E-state index contributed by atoms with van der Waals surface area (Å²) < 4.78 is 97.0. The maximum atomic E-state index is 7.45. The molecule has 0 radical (unpaired) electrons. The first-order chi connectivity index (χ1) is 71.4. The number of unbranched alkanes of at least 4 members (excludes halogenated alkanes) is 54. The Bertz CT molecular complexity index is 2840. The van der Waals surface area contributed by atoms with Crippen LogP contribution in [0.25, 0.3) is 0 Å². The molecule has 0 aromatic rings. The van der Waals surface area contributed by atoms with Gasteiger partial charge >= 0.3 is 0 Å². The minimum Gasteiger partial charge on any atom is -0.382 e. The van der Waals surface area contributed by atoms with Gasteiger partial charge in [-0.3, -0.25) is 42.5 Å². The first kappa shape index (κ1) is 127. The smallest absolute Gasteiger partial charge is 0.0840 e. The number of nitrogens with one attached hydrogen (secondary N) is 8. The molecule has 23 nitrogen and oxygen atoms in total. The molecular formula is C121H234N8O15. The molecule has 848 valence electrons. The molecule has 0 amide bonds. The normalized spacial score (nSPS) is 28.3. The van der Waals surface area contributed by atoms with Gasteiger partial charge in [0.1, 0.15) is 0 Å². The lowest BCUT2D eigenvalue weighted by Crippen LogP contribution is -2.61. The van der Waals surface area contributed by atoms with Crippen LogP contribution in [0.1, 0.15) is 485 Å². The molecular weight excluding hydrogens is 1810 g/mol. The topological polar surface area (TPSA) is 235 Å². The zero-order valence-corrected chi connectivity index (χ0v) is 94.7. The second kappa shape index (κ2) is 85.3. The molecule has 23 atom stereocenters. The lowest BCUT2D eigenvalue weighted by atomic mass is 9.74. The van der Waals surface area contributed by atoms with Crippen LogP contribution in [-0.2, 0) is 71.1 Å². The molecule has 23 heteroatoms. The van der Waals surface area contributed by atoms with Gasteiger partial charge < -0.3 is 71.1 Å². The average molecular weight is 2040 g/mol. The highest BCUT2D eigenvalue weighted by Crippen LogP contribution is 2.49. The van der Waals surface area contributed by atoms with E-state index in [-0.39, 0.29) is 92.1 Å². The summed E-state index contributed by atoms with van der Waals surface area (Å²) in [5, 5.41) is 36.6. The number of hydrogen-bond acceptors (Lipinski definition) is 23. The Kier molecular flexibility index (Phi) is 75.0. The molecule has 0 spiro atoms. The van der Waals surface area contributed by atoms with Gasteiger partial charge in [-0.05, 0) is 144 Å². The Hall–Kier alpha value is -0.920. The molecule has 23 unspecified atom stereocenters. The third-order valence-corrected chi connectivity index (χ3v) is 34.3. The Morgan fingerprint density at radius 2 is 0.299 bits per heavy atom. The molecule has 8 N–H and O–H groups in total. The van der Waals surface area contributed by atoms with Crippen molar-refractivity contribution in [1.29, 1.82) is 0 Å². The van der Waals surface area contributed by atoms with Crippen molar-refractivity contribution in [3.8, 4) is 0 Å². The van der Waals surface area contributed by atoms with Crippen molar-refractivity contribution in [1.82, 2.24) is 42.5 Å². The van der Waals surface area contributed by atoms with E-state index in [0.29, 0.717) is 153 Å². The molecule has 0 aromatic heterocycles. The van der Waals surface area contributed by atoms with E-state index in [1.165, 1.54) is 347 Å². The van der Waals surface area contributed by atoms with Crippen molar-refractivity contribution < 1.29 is 71.1 Å². The molecule has 9 aliphatic rings. The van der Waals surface area contributed by atoms with Crippen LogP contribution in [0.3, 0.4) is 0 Å². The van der Waals surface area contributed by atoms with Crippen molar-refractivity contribution in [3.63, 3.8) is 0 Å². The number of fused-ring (bicyclic) bond motifs is 20. The van der Waals surface area contributed by atoms with Gasteiger partial charge in [0, 0.05) is 46.8 Å². The molecule has 4 saturated carbocycles. The molecule has 4 aliphatic carbocycles. The van der Waals surface area contributed by atoms with Crippen LogP contribution in [0, 0.1) is 47.3 Å². The van der Waals surface area contributed by atoms with Crippen LogP contribution in [0.4, 0.5) is 0 Å². The lowest BCUT2D eigenvalue weighted by molar-refractivity contribution is -0.121. The highest BCUT2D eigenvalue weighted by atomic mass is 16.6. The lowest BCUT2D eigenvalue weighted by Gasteiger charge is -2.43. The molecule has 8 bridgehead atoms. The maximum Gasteiger partial charge on any atom is 0.0840 e. The summed E-state index contributed by atoms with van der Waals surface area (Å²) in [5.41, 5.74) is 0. The monoisotopic (exact) mass is 2040 g/mol. The standard InChI is InChI=1S/C121H234N8O15/c1-8-14-20-26-32-38-44-50-56-62-70-139-108-93-102-103(94-109(108)140-71-63-57-51-45-39-33-27-21-15-9-2)118-125-116(102)123-114-100-69-68-99(138-91-90-137-89-88-136-87-86-135-85-84-134-83-82-133-81-80-132-79-78-131-77-76-130-7)92-101(100)115(122-114)124-117-104-95-110(141-72-64-58-52-46-40-34-28-22-16-10-3)111(142-73-65-59-53-47-41-35-29-23-17-11-4)96-105(104)119(126-117)128-121-107-98-113(144-75-67-61-55-49-43-37-31-25-19-13-6)112(97-106(107)120(127-118)129-121)143-74-66-60-54-48-42-36-30-24-18-12-5/h99-129H,8-98H2,1-7H3. The largest absolute Gasteiger partial charge is 0.382 e. The van der Waals surface area contributed by atoms with Crippen LogP contribution >= 0.6 is 0 Å². The summed E-state index contributed by atoms with van der Waals surface area (Å²) in [6, 6.07) is 0. The van der Waals surface area contributed by atoms with Crippen LogP contribution in [-0.4, -0.2) is 245 Å². The van der Waals surface area contributed by atoms with Crippen molar-refractivity contribution in [2.75, 3.05) is 152 Å². The highest BCUT2D eigenvalue weighted by molar-refractivity contribution is 5.12. The molecule has 0 aromatic carbocycles. The summed E-state index contributed by atoms with van der Waals surface area (Å²) in [5.74, 6) is 2.56. The van der Waals surface area contributed by atoms with E-state index in [1.54, 1.807) is 7.11 Å². The minimum atomic E-state index is 0.0253. The molecule has 9 fully saturated rings. The minimum absolute atomic E-state index is 0.0253. The van der Waals surface area contributed by atoms with Gasteiger partial charge in [-0.25, -0.2) is 0 Å². The Morgan fingerprint density at radius 1 is 0.146 bits per heavy atom. The van der Waals surface area contributed by atoms with Gasteiger partial charge in [-0.1, -0.05) is 388 Å². The van der Waals surface area contributed by atoms with Gasteiger partial charge in [0.05, 0.1) is 198 Å². The van der Waals surface area contributed by atoms with Gasteiger partial charge in [-0.2, -0.15) is 0 Å². The number of rotatable bonds is 97. The number of hydrogen-bond donors (Lipinski definition) is 8. The predicted molar refractivity (Wildman–Crippen MR) is 592 cm³/mol. The third-order valence-electron chi connectivity index (χ3n) is 34.3. The van der Waals surface area contributed by atoms with E-state index in [0.717, 1.165) is 136 Å². The third kappa shape index (κ3) is 53.2. The second-order valence-corrected chi connectivity index (χ2v) is 46.0. The van der Waals surface area contributed by atoms with Crippen molar-refractivity contribution in [2.45, 2.75) is 577 Å². The Labute approximate surface area is 885 Å². The predicted octanol–water partition coefficient (Wildman–Crippen LogP) is 25.9. The maximum absolute atomic E-state index is 7.45. The zero-order chi connectivity index (χ0) is 101. The summed E-state index contributed by atoms with van der Waals surface area (Å²) in [7, 11) is 1.67.